The minimum Gasteiger partial charge on any atom is -0.361 e. The Morgan fingerprint density at radius 2 is 2.10 bits per heavy atom. The van der Waals surface area contributed by atoms with Crippen molar-refractivity contribution in [2.24, 2.45) is 5.92 Å². The first-order valence-electron chi connectivity index (χ1n) is 7.33. The lowest BCUT2D eigenvalue weighted by atomic mass is 9.98. The number of rotatable bonds is 6. The van der Waals surface area contributed by atoms with Crippen molar-refractivity contribution in [3.8, 4) is 0 Å². The van der Waals surface area contributed by atoms with Gasteiger partial charge in [-0.2, -0.15) is 0 Å². The molecule has 2 heterocycles. The van der Waals surface area contributed by atoms with Crippen LogP contribution in [0.2, 0.25) is 0 Å². The molecule has 0 fully saturated rings. The second-order valence-electron chi connectivity index (χ2n) is 5.70. The van der Waals surface area contributed by atoms with Crippen LogP contribution in [0.4, 0.5) is 0 Å². The zero-order valence-corrected chi connectivity index (χ0v) is 13.1. The highest BCUT2D eigenvalue weighted by Gasteiger charge is 2.16. The number of aromatic nitrogens is 2. The van der Waals surface area contributed by atoms with E-state index in [1.165, 1.54) is 11.1 Å². The van der Waals surface area contributed by atoms with Crippen molar-refractivity contribution in [2.45, 2.75) is 47.2 Å². The molecule has 2 aromatic rings. The van der Waals surface area contributed by atoms with Crippen LogP contribution in [0.15, 0.2) is 23.0 Å². The molecule has 0 aliphatic carbocycles. The van der Waals surface area contributed by atoms with Crippen LogP contribution in [0.3, 0.4) is 0 Å². The van der Waals surface area contributed by atoms with Crippen LogP contribution < -0.4 is 5.32 Å². The van der Waals surface area contributed by atoms with Crippen molar-refractivity contribution in [1.82, 2.24) is 15.0 Å². The molecule has 0 saturated carbocycles. The van der Waals surface area contributed by atoms with E-state index in [4.69, 9.17) is 4.52 Å². The molecule has 0 aliphatic rings. The second-order valence-corrected chi connectivity index (χ2v) is 5.70. The summed E-state index contributed by atoms with van der Waals surface area (Å²) in [6, 6.07) is 2.61. The van der Waals surface area contributed by atoms with Gasteiger partial charge in [0.2, 0.25) is 0 Å². The normalized spacial score (nSPS) is 13.1. The largest absolute Gasteiger partial charge is 0.361 e. The van der Waals surface area contributed by atoms with Crippen LogP contribution in [-0.4, -0.2) is 16.3 Å². The van der Waals surface area contributed by atoms with Gasteiger partial charge in [-0.3, -0.25) is 0 Å². The lowest BCUT2D eigenvalue weighted by Crippen LogP contribution is -2.25. The van der Waals surface area contributed by atoms with E-state index < -0.39 is 0 Å². The van der Waals surface area contributed by atoms with E-state index >= 15 is 0 Å². The van der Waals surface area contributed by atoms with Gasteiger partial charge < -0.3 is 14.4 Å². The molecule has 1 unspecified atom stereocenters. The van der Waals surface area contributed by atoms with E-state index in [9.17, 15) is 0 Å². The number of nitrogens with zero attached hydrogens (tertiary/aromatic N) is 2. The Kier molecular flexibility index (Phi) is 4.65. The van der Waals surface area contributed by atoms with Crippen molar-refractivity contribution < 1.29 is 4.52 Å². The smallest absolute Gasteiger partial charge is 0.138 e. The first-order valence-corrected chi connectivity index (χ1v) is 7.33. The quantitative estimate of drug-likeness (QED) is 0.878. The summed E-state index contributed by atoms with van der Waals surface area (Å²) in [6.45, 7) is 12.4. The highest BCUT2D eigenvalue weighted by molar-refractivity contribution is 5.23. The van der Waals surface area contributed by atoms with E-state index in [0.29, 0.717) is 12.0 Å². The van der Waals surface area contributed by atoms with E-state index in [1.54, 1.807) is 0 Å². The molecule has 4 nitrogen and oxygen atoms in total. The first-order chi connectivity index (χ1) is 9.52. The predicted octanol–water partition coefficient (Wildman–Crippen LogP) is 3.45. The molecule has 2 aromatic heterocycles. The van der Waals surface area contributed by atoms with E-state index in [-0.39, 0.29) is 0 Å². The van der Waals surface area contributed by atoms with Gasteiger partial charge in [-0.1, -0.05) is 25.9 Å². The molecule has 0 aliphatic heterocycles. The van der Waals surface area contributed by atoms with Crippen molar-refractivity contribution in [2.75, 3.05) is 6.54 Å². The summed E-state index contributed by atoms with van der Waals surface area (Å²) >= 11 is 0. The molecular weight excluding hydrogens is 250 g/mol. The van der Waals surface area contributed by atoms with E-state index in [2.05, 4.69) is 54.3 Å². The third-order valence-electron chi connectivity index (χ3n) is 3.75. The highest BCUT2D eigenvalue weighted by atomic mass is 16.5. The molecule has 4 heteroatoms. The molecule has 0 spiro atoms. The van der Waals surface area contributed by atoms with Gasteiger partial charge in [-0.15, -0.1) is 0 Å². The average Bonchev–Trinajstić information content (AvgIpc) is 2.98. The molecule has 20 heavy (non-hydrogen) atoms. The summed E-state index contributed by atoms with van der Waals surface area (Å²) in [7, 11) is 0. The zero-order valence-electron chi connectivity index (χ0n) is 13.1. The van der Waals surface area contributed by atoms with Gasteiger partial charge in [0, 0.05) is 24.0 Å². The Hall–Kier alpha value is -1.55. The van der Waals surface area contributed by atoms with Gasteiger partial charge in [0.1, 0.15) is 5.76 Å². The fraction of sp³-hybridized carbons (Fsp3) is 0.562. The van der Waals surface area contributed by atoms with Crippen molar-refractivity contribution in [3.63, 3.8) is 0 Å². The third kappa shape index (κ3) is 3.12. The second kappa shape index (κ2) is 6.27. The van der Waals surface area contributed by atoms with Crippen molar-refractivity contribution in [3.05, 3.63) is 41.0 Å². The molecule has 0 aromatic carbocycles. The Labute approximate surface area is 121 Å². The fourth-order valence-corrected chi connectivity index (χ4v) is 2.61. The monoisotopic (exact) mass is 275 g/mol. The number of hydrogen-bond donors (Lipinski definition) is 1. The molecule has 110 valence electrons. The fourth-order valence-electron chi connectivity index (χ4n) is 2.61. The molecular formula is C16H25N3O. The Morgan fingerprint density at radius 3 is 2.65 bits per heavy atom. The zero-order chi connectivity index (χ0) is 14.7. The van der Waals surface area contributed by atoms with Gasteiger partial charge in [0.05, 0.1) is 12.2 Å². The molecule has 0 amide bonds. The highest BCUT2D eigenvalue weighted by Crippen LogP contribution is 2.23. The lowest BCUT2D eigenvalue weighted by Gasteiger charge is -2.20. The van der Waals surface area contributed by atoms with Crippen LogP contribution in [0, 0.1) is 19.8 Å². The molecule has 1 atom stereocenters. The topological polar surface area (TPSA) is 43.0 Å². The number of hydrogen-bond acceptors (Lipinski definition) is 3. The molecule has 1 N–H and O–H groups in total. The van der Waals surface area contributed by atoms with Crippen LogP contribution in [-0.2, 0) is 6.54 Å². The van der Waals surface area contributed by atoms with Crippen LogP contribution in [0.1, 0.15) is 49.4 Å². The van der Waals surface area contributed by atoms with Gasteiger partial charge in [-0.25, -0.2) is 0 Å². The summed E-state index contributed by atoms with van der Waals surface area (Å²) in [5.74, 6) is 1.48. The van der Waals surface area contributed by atoms with Gasteiger partial charge in [0.25, 0.3) is 0 Å². The SMILES string of the molecule is CCNC(c1ccn(Cc2c(C)noc2C)c1)C(C)C. The summed E-state index contributed by atoms with van der Waals surface area (Å²) < 4.78 is 7.43. The van der Waals surface area contributed by atoms with Gasteiger partial charge >= 0.3 is 0 Å². The van der Waals surface area contributed by atoms with Gasteiger partial charge in [-0.05, 0) is 37.9 Å². The van der Waals surface area contributed by atoms with E-state index in [1.807, 2.05) is 13.8 Å². The molecule has 0 saturated heterocycles. The standard InChI is InChI=1S/C16H25N3O/c1-6-17-16(11(2)3)14-7-8-19(9-14)10-15-12(4)18-20-13(15)5/h7-9,11,16-17H,6,10H2,1-5H3. The maximum Gasteiger partial charge on any atom is 0.138 e. The van der Waals surface area contributed by atoms with Gasteiger partial charge in [0.15, 0.2) is 0 Å². The van der Waals surface area contributed by atoms with Crippen molar-refractivity contribution in [1.29, 1.82) is 0 Å². The van der Waals surface area contributed by atoms with Crippen LogP contribution >= 0.6 is 0 Å². The number of aryl methyl sites for hydroxylation is 2. The average molecular weight is 275 g/mol. The maximum absolute atomic E-state index is 5.22. The maximum atomic E-state index is 5.22. The molecule has 0 radical (unpaired) electrons. The Bertz CT molecular complexity index is 534. The van der Waals surface area contributed by atoms with E-state index in [0.717, 1.165) is 24.5 Å². The molecule has 2 rings (SSSR count). The molecule has 0 bridgehead atoms. The van der Waals surface area contributed by atoms with Crippen LogP contribution in [0.5, 0.6) is 0 Å². The summed E-state index contributed by atoms with van der Waals surface area (Å²) in [6.07, 6.45) is 4.35. The Balaban J connectivity index is 2.16. The summed E-state index contributed by atoms with van der Waals surface area (Å²) in [4.78, 5) is 0. The predicted molar refractivity (Wildman–Crippen MR) is 80.8 cm³/mol. The summed E-state index contributed by atoms with van der Waals surface area (Å²) in [5, 5.41) is 7.56. The van der Waals surface area contributed by atoms with Crippen LogP contribution in [0.25, 0.3) is 0 Å². The first kappa shape index (κ1) is 14.9. The third-order valence-corrected chi connectivity index (χ3v) is 3.75. The minimum absolute atomic E-state index is 0.408. The minimum atomic E-state index is 0.408. The number of nitrogens with one attached hydrogen (secondary N) is 1. The summed E-state index contributed by atoms with van der Waals surface area (Å²) in [5.41, 5.74) is 3.50. The Morgan fingerprint density at radius 1 is 1.35 bits per heavy atom. The van der Waals surface area contributed by atoms with Crippen molar-refractivity contribution >= 4 is 0 Å². The lowest BCUT2D eigenvalue weighted by molar-refractivity contribution is 0.392.